The molecular weight excluding hydrogens is 548 g/mol. The van der Waals surface area contributed by atoms with Crippen LogP contribution < -0.4 is 4.74 Å². The number of unbranched alkanes of at least 4 members (excludes halogenated alkanes) is 9. The minimum absolute atomic E-state index is 0.535. The summed E-state index contributed by atoms with van der Waals surface area (Å²) in [5, 5.41) is 0. The molecule has 0 amide bonds. The van der Waals surface area contributed by atoms with E-state index in [0.717, 1.165) is 25.2 Å². The van der Waals surface area contributed by atoms with Gasteiger partial charge in [0.1, 0.15) is 12.4 Å². The number of aryl methyl sites for hydroxylation is 1. The standard InChI is InChI=1S/C35H64O8/c1-3-5-7-9-10-11-12-14-34-15-17-35(18-16-34)43-33-32-42-31-30-41-29-28-40-27-26-39-25-24-38-23-22-37-21-20-36-19-13-8-6-4-2/h15-18H,3-14,19-33H2,1-2H3. The molecule has 0 heterocycles. The topological polar surface area (TPSA) is 73.8 Å². The Kier molecular flexibility index (Phi) is 31.1. The highest BCUT2D eigenvalue weighted by Crippen LogP contribution is 2.15. The van der Waals surface area contributed by atoms with Crippen molar-refractivity contribution in [3.8, 4) is 5.75 Å². The van der Waals surface area contributed by atoms with Crippen LogP contribution >= 0.6 is 0 Å². The normalized spacial score (nSPS) is 11.4. The SMILES string of the molecule is CCCCCCCCCc1ccc(OCCOCCOCCOCCOCCOCCOCCOCCCCCC)cc1. The summed E-state index contributed by atoms with van der Waals surface area (Å²) in [7, 11) is 0. The second kappa shape index (κ2) is 33.6. The van der Waals surface area contributed by atoms with Crippen LogP contribution in [0.4, 0.5) is 0 Å². The van der Waals surface area contributed by atoms with Gasteiger partial charge in [-0.15, -0.1) is 0 Å². The average Bonchev–Trinajstić information content (AvgIpc) is 3.03. The summed E-state index contributed by atoms with van der Waals surface area (Å²) < 4.78 is 44.4. The van der Waals surface area contributed by atoms with E-state index in [-0.39, 0.29) is 0 Å². The number of benzene rings is 1. The van der Waals surface area contributed by atoms with Crippen LogP contribution in [0, 0.1) is 0 Å². The summed E-state index contributed by atoms with van der Waals surface area (Å²) in [5.41, 5.74) is 1.39. The van der Waals surface area contributed by atoms with Crippen molar-refractivity contribution < 1.29 is 37.9 Å². The summed E-state index contributed by atoms with van der Waals surface area (Å²) in [6.07, 6.45) is 15.5. The van der Waals surface area contributed by atoms with Crippen LogP contribution in [0.3, 0.4) is 0 Å². The number of ether oxygens (including phenoxy) is 8. The van der Waals surface area contributed by atoms with Gasteiger partial charge in [0.05, 0.1) is 85.9 Å². The van der Waals surface area contributed by atoms with Gasteiger partial charge in [-0.25, -0.2) is 0 Å². The molecule has 0 aliphatic carbocycles. The molecule has 0 saturated carbocycles. The minimum atomic E-state index is 0.535. The Labute approximate surface area is 263 Å². The Morgan fingerprint density at radius 2 is 0.698 bits per heavy atom. The van der Waals surface area contributed by atoms with E-state index in [2.05, 4.69) is 38.1 Å². The van der Waals surface area contributed by atoms with E-state index in [0.29, 0.717) is 92.5 Å². The molecular formula is C35H64O8. The van der Waals surface area contributed by atoms with Gasteiger partial charge < -0.3 is 37.9 Å². The van der Waals surface area contributed by atoms with Crippen LogP contribution in [0.5, 0.6) is 5.75 Å². The van der Waals surface area contributed by atoms with Crippen molar-refractivity contribution in [3.63, 3.8) is 0 Å². The third-order valence-corrected chi connectivity index (χ3v) is 6.86. The van der Waals surface area contributed by atoms with E-state index in [1.54, 1.807) is 0 Å². The van der Waals surface area contributed by atoms with Crippen molar-refractivity contribution in [2.75, 3.05) is 99.1 Å². The molecule has 0 N–H and O–H groups in total. The van der Waals surface area contributed by atoms with E-state index >= 15 is 0 Å². The first kappa shape index (κ1) is 39.8. The predicted octanol–water partition coefficient (Wildman–Crippen LogP) is 7.06. The molecule has 0 atom stereocenters. The highest BCUT2D eigenvalue weighted by atomic mass is 16.6. The lowest BCUT2D eigenvalue weighted by atomic mass is 10.0. The summed E-state index contributed by atoms with van der Waals surface area (Å²) in [5.74, 6) is 0.895. The zero-order chi connectivity index (χ0) is 30.7. The van der Waals surface area contributed by atoms with Crippen molar-refractivity contribution >= 4 is 0 Å². The molecule has 0 aromatic heterocycles. The molecule has 0 aliphatic rings. The molecule has 43 heavy (non-hydrogen) atoms. The van der Waals surface area contributed by atoms with Gasteiger partial charge in [0.2, 0.25) is 0 Å². The Morgan fingerprint density at radius 1 is 0.349 bits per heavy atom. The predicted molar refractivity (Wildman–Crippen MR) is 174 cm³/mol. The Balaban J connectivity index is 1.73. The second-order valence-electron chi connectivity index (χ2n) is 10.7. The lowest BCUT2D eigenvalue weighted by Crippen LogP contribution is -2.15. The van der Waals surface area contributed by atoms with Crippen LogP contribution in [0.2, 0.25) is 0 Å². The molecule has 1 aromatic carbocycles. The van der Waals surface area contributed by atoms with Gasteiger partial charge in [-0.2, -0.15) is 0 Å². The molecule has 1 aromatic rings. The molecule has 0 saturated heterocycles. The highest BCUT2D eigenvalue weighted by molar-refractivity contribution is 5.27. The maximum Gasteiger partial charge on any atom is 0.119 e. The van der Waals surface area contributed by atoms with Crippen LogP contribution in [0.15, 0.2) is 24.3 Å². The van der Waals surface area contributed by atoms with E-state index < -0.39 is 0 Å². The average molecular weight is 613 g/mol. The van der Waals surface area contributed by atoms with Gasteiger partial charge in [-0.1, -0.05) is 83.8 Å². The maximum atomic E-state index is 5.78. The molecule has 1 rings (SSSR count). The van der Waals surface area contributed by atoms with Crippen molar-refractivity contribution in [2.45, 2.75) is 90.9 Å². The lowest BCUT2D eigenvalue weighted by Gasteiger charge is -2.09. The molecule has 252 valence electrons. The Bertz CT molecular complexity index is 658. The Morgan fingerprint density at radius 3 is 1.14 bits per heavy atom. The Hall–Kier alpha value is -1.26. The smallest absolute Gasteiger partial charge is 0.119 e. The highest BCUT2D eigenvalue weighted by Gasteiger charge is 1.99. The molecule has 8 heteroatoms. The molecule has 8 nitrogen and oxygen atoms in total. The van der Waals surface area contributed by atoms with Gasteiger partial charge >= 0.3 is 0 Å². The maximum absolute atomic E-state index is 5.78. The zero-order valence-electron chi connectivity index (χ0n) is 27.7. The molecule has 0 bridgehead atoms. The van der Waals surface area contributed by atoms with E-state index in [4.69, 9.17) is 37.9 Å². The third kappa shape index (κ3) is 29.2. The summed E-state index contributed by atoms with van der Waals surface area (Å²) in [6.45, 7) is 13.1. The molecule has 0 unspecified atom stereocenters. The first-order chi connectivity index (χ1) is 21.4. The molecule has 0 fully saturated rings. The monoisotopic (exact) mass is 612 g/mol. The molecule has 0 spiro atoms. The number of hydrogen-bond donors (Lipinski definition) is 0. The van der Waals surface area contributed by atoms with Gasteiger partial charge in [0.15, 0.2) is 0 Å². The number of rotatable bonds is 35. The van der Waals surface area contributed by atoms with E-state index in [9.17, 15) is 0 Å². The summed E-state index contributed by atoms with van der Waals surface area (Å²) in [6, 6.07) is 8.47. The van der Waals surface area contributed by atoms with Crippen LogP contribution in [0.25, 0.3) is 0 Å². The molecule has 0 radical (unpaired) electrons. The quantitative estimate of drug-likeness (QED) is 0.0755. The zero-order valence-corrected chi connectivity index (χ0v) is 27.7. The fourth-order valence-corrected chi connectivity index (χ4v) is 4.31. The van der Waals surface area contributed by atoms with Crippen LogP contribution in [-0.4, -0.2) is 99.1 Å². The van der Waals surface area contributed by atoms with Crippen LogP contribution in [0.1, 0.15) is 90.0 Å². The van der Waals surface area contributed by atoms with Crippen molar-refractivity contribution in [2.24, 2.45) is 0 Å². The van der Waals surface area contributed by atoms with E-state index in [1.165, 1.54) is 69.8 Å². The first-order valence-electron chi connectivity index (χ1n) is 17.1. The summed E-state index contributed by atoms with van der Waals surface area (Å²) >= 11 is 0. The van der Waals surface area contributed by atoms with Crippen molar-refractivity contribution in [3.05, 3.63) is 29.8 Å². The second-order valence-corrected chi connectivity index (χ2v) is 10.7. The largest absolute Gasteiger partial charge is 0.491 e. The first-order valence-corrected chi connectivity index (χ1v) is 17.1. The minimum Gasteiger partial charge on any atom is -0.491 e. The third-order valence-electron chi connectivity index (χ3n) is 6.86. The van der Waals surface area contributed by atoms with Crippen LogP contribution in [-0.2, 0) is 39.6 Å². The van der Waals surface area contributed by atoms with Gasteiger partial charge in [-0.3, -0.25) is 0 Å². The summed E-state index contributed by atoms with van der Waals surface area (Å²) in [4.78, 5) is 0. The fraction of sp³-hybridized carbons (Fsp3) is 0.829. The van der Waals surface area contributed by atoms with Gasteiger partial charge in [-0.05, 0) is 37.0 Å². The fourth-order valence-electron chi connectivity index (χ4n) is 4.31. The van der Waals surface area contributed by atoms with Crippen molar-refractivity contribution in [1.29, 1.82) is 0 Å². The lowest BCUT2D eigenvalue weighted by molar-refractivity contribution is -0.0213. The molecule has 0 aliphatic heterocycles. The van der Waals surface area contributed by atoms with Crippen molar-refractivity contribution in [1.82, 2.24) is 0 Å². The number of hydrogen-bond acceptors (Lipinski definition) is 8. The van der Waals surface area contributed by atoms with E-state index in [1.807, 2.05) is 0 Å². The van der Waals surface area contributed by atoms with Gasteiger partial charge in [0.25, 0.3) is 0 Å². The van der Waals surface area contributed by atoms with Gasteiger partial charge in [0, 0.05) is 6.61 Å².